The molecule has 0 saturated heterocycles. The summed E-state index contributed by atoms with van der Waals surface area (Å²) < 4.78 is 0. The lowest BCUT2D eigenvalue weighted by Crippen LogP contribution is -2.25. The van der Waals surface area contributed by atoms with Gasteiger partial charge in [-0.05, 0) is 26.2 Å². The molecular weight excluding hydrogens is 152 g/mol. The molecule has 0 aromatic heterocycles. The topological polar surface area (TPSA) is 37.3 Å². The van der Waals surface area contributed by atoms with Gasteiger partial charge in [0.2, 0.25) is 0 Å². The van der Waals surface area contributed by atoms with Crippen molar-refractivity contribution in [2.24, 2.45) is 5.41 Å². The highest BCUT2D eigenvalue weighted by Gasteiger charge is 2.29. The highest BCUT2D eigenvalue weighted by Crippen LogP contribution is 2.29. The van der Waals surface area contributed by atoms with E-state index in [1.54, 1.807) is 6.92 Å². The van der Waals surface area contributed by atoms with E-state index in [-0.39, 0.29) is 0 Å². The van der Waals surface area contributed by atoms with Gasteiger partial charge >= 0.3 is 5.97 Å². The first kappa shape index (κ1) is 9.30. The van der Waals surface area contributed by atoms with E-state index in [0.717, 1.165) is 25.7 Å². The summed E-state index contributed by atoms with van der Waals surface area (Å²) in [6.07, 6.45) is 9.07. The largest absolute Gasteiger partial charge is 0.481 e. The molecule has 68 valence electrons. The first-order valence-electron chi connectivity index (χ1n) is 4.56. The van der Waals surface area contributed by atoms with E-state index in [9.17, 15) is 4.79 Å². The fourth-order valence-corrected chi connectivity index (χ4v) is 1.54. The highest BCUT2D eigenvalue weighted by atomic mass is 16.4. The second-order valence-electron chi connectivity index (χ2n) is 3.72. The van der Waals surface area contributed by atoms with E-state index >= 15 is 0 Å². The number of hydrogen-bond acceptors (Lipinski definition) is 1. The summed E-state index contributed by atoms with van der Waals surface area (Å²) in [6, 6.07) is 0. The van der Waals surface area contributed by atoms with Gasteiger partial charge in [-0.25, -0.2) is 0 Å². The molecule has 0 amide bonds. The number of carboxylic acid groups (broad SMARTS) is 1. The van der Waals surface area contributed by atoms with E-state index in [1.807, 2.05) is 12.2 Å². The standard InChI is InChI=1S/C10H16O2/c1-10(9(11)12)7-5-3-2-4-6-8-10/h5,7H,2-4,6,8H2,1H3,(H,11,12)/b7-5+. The Morgan fingerprint density at radius 2 is 2.17 bits per heavy atom. The molecular formula is C10H16O2. The molecule has 0 fully saturated rings. The summed E-state index contributed by atoms with van der Waals surface area (Å²) in [4.78, 5) is 10.9. The van der Waals surface area contributed by atoms with Gasteiger partial charge in [-0.2, -0.15) is 0 Å². The molecule has 12 heavy (non-hydrogen) atoms. The molecule has 0 radical (unpaired) electrons. The van der Waals surface area contributed by atoms with Crippen molar-refractivity contribution in [3.8, 4) is 0 Å². The molecule has 0 heterocycles. The maximum Gasteiger partial charge on any atom is 0.313 e. The third-order valence-electron chi connectivity index (χ3n) is 2.54. The summed E-state index contributed by atoms with van der Waals surface area (Å²) in [5.41, 5.74) is -0.611. The average Bonchev–Trinajstić information content (AvgIpc) is 1.97. The van der Waals surface area contributed by atoms with Crippen LogP contribution in [0.5, 0.6) is 0 Å². The van der Waals surface area contributed by atoms with Crippen LogP contribution in [0.3, 0.4) is 0 Å². The van der Waals surface area contributed by atoms with Crippen LogP contribution in [0.25, 0.3) is 0 Å². The smallest absolute Gasteiger partial charge is 0.313 e. The quantitative estimate of drug-likeness (QED) is 0.611. The fraction of sp³-hybridized carbons (Fsp3) is 0.700. The van der Waals surface area contributed by atoms with Crippen molar-refractivity contribution in [2.45, 2.75) is 39.0 Å². The minimum Gasteiger partial charge on any atom is -0.481 e. The van der Waals surface area contributed by atoms with Crippen LogP contribution >= 0.6 is 0 Å². The van der Waals surface area contributed by atoms with Crippen LogP contribution in [-0.4, -0.2) is 11.1 Å². The molecule has 1 aliphatic rings. The molecule has 0 spiro atoms. The van der Waals surface area contributed by atoms with E-state index < -0.39 is 11.4 Å². The Balaban J connectivity index is 2.71. The van der Waals surface area contributed by atoms with E-state index in [2.05, 4.69) is 0 Å². The van der Waals surface area contributed by atoms with Gasteiger partial charge in [0.1, 0.15) is 0 Å². The first-order chi connectivity index (χ1) is 5.65. The van der Waals surface area contributed by atoms with Crippen molar-refractivity contribution in [2.75, 3.05) is 0 Å². The number of rotatable bonds is 1. The minimum absolute atomic E-state index is 0.611. The van der Waals surface area contributed by atoms with Gasteiger partial charge in [-0.15, -0.1) is 0 Å². The zero-order valence-corrected chi connectivity index (χ0v) is 7.55. The van der Waals surface area contributed by atoms with Crippen LogP contribution in [0.1, 0.15) is 39.0 Å². The van der Waals surface area contributed by atoms with Crippen molar-refractivity contribution in [1.29, 1.82) is 0 Å². The van der Waals surface area contributed by atoms with Crippen molar-refractivity contribution in [1.82, 2.24) is 0 Å². The van der Waals surface area contributed by atoms with Gasteiger partial charge in [0.15, 0.2) is 0 Å². The molecule has 0 bridgehead atoms. The predicted octanol–water partition coefficient (Wildman–Crippen LogP) is 2.60. The number of aliphatic carboxylic acids is 1. The molecule has 0 saturated carbocycles. The van der Waals surface area contributed by atoms with Gasteiger partial charge < -0.3 is 5.11 Å². The monoisotopic (exact) mass is 168 g/mol. The SMILES string of the molecule is CC1(C(=O)O)/C=C/CCCCC1. The third-order valence-corrected chi connectivity index (χ3v) is 2.54. The predicted molar refractivity (Wildman–Crippen MR) is 48.0 cm³/mol. The average molecular weight is 168 g/mol. The molecule has 2 nitrogen and oxygen atoms in total. The summed E-state index contributed by atoms with van der Waals surface area (Å²) in [5.74, 6) is -0.694. The Kier molecular flexibility index (Phi) is 2.90. The number of carbonyl (C=O) groups is 1. The van der Waals surface area contributed by atoms with Crippen LogP contribution in [-0.2, 0) is 4.79 Å². The lowest BCUT2D eigenvalue weighted by atomic mass is 9.82. The summed E-state index contributed by atoms with van der Waals surface area (Å²) in [6.45, 7) is 1.80. The van der Waals surface area contributed by atoms with Crippen molar-refractivity contribution >= 4 is 5.97 Å². The third kappa shape index (κ3) is 2.10. The van der Waals surface area contributed by atoms with Gasteiger partial charge in [0.25, 0.3) is 0 Å². The van der Waals surface area contributed by atoms with Crippen molar-refractivity contribution in [3.63, 3.8) is 0 Å². The van der Waals surface area contributed by atoms with Crippen molar-refractivity contribution < 1.29 is 9.90 Å². The Labute approximate surface area is 73.3 Å². The molecule has 0 aromatic rings. The summed E-state index contributed by atoms with van der Waals surface area (Å²) >= 11 is 0. The molecule has 0 aromatic carbocycles. The second kappa shape index (κ2) is 3.74. The molecule has 2 heteroatoms. The van der Waals surface area contributed by atoms with Crippen molar-refractivity contribution in [3.05, 3.63) is 12.2 Å². The number of carboxylic acids is 1. The van der Waals surface area contributed by atoms with Gasteiger partial charge in [0, 0.05) is 0 Å². The molecule has 1 rings (SSSR count). The van der Waals surface area contributed by atoms with Crippen LogP contribution in [0.2, 0.25) is 0 Å². The molecule has 0 aliphatic heterocycles. The van der Waals surface area contributed by atoms with Gasteiger partial charge in [-0.3, -0.25) is 4.79 Å². The first-order valence-corrected chi connectivity index (χ1v) is 4.56. The Morgan fingerprint density at radius 3 is 2.83 bits per heavy atom. The van der Waals surface area contributed by atoms with E-state index in [4.69, 9.17) is 5.11 Å². The Hall–Kier alpha value is -0.790. The number of hydrogen-bond donors (Lipinski definition) is 1. The minimum atomic E-state index is -0.694. The zero-order chi connectivity index (χ0) is 9.03. The normalized spacial score (nSPS) is 33.4. The lowest BCUT2D eigenvalue weighted by molar-refractivity contribution is -0.145. The lowest BCUT2D eigenvalue weighted by Gasteiger charge is -2.22. The van der Waals surface area contributed by atoms with Gasteiger partial charge in [-0.1, -0.05) is 25.0 Å². The molecule has 1 atom stereocenters. The molecule has 1 unspecified atom stereocenters. The summed E-state index contributed by atoms with van der Waals surface area (Å²) in [7, 11) is 0. The number of allylic oxidation sites excluding steroid dienone is 1. The fourth-order valence-electron chi connectivity index (χ4n) is 1.54. The van der Waals surface area contributed by atoms with Gasteiger partial charge in [0.05, 0.1) is 5.41 Å². The van der Waals surface area contributed by atoms with Crippen LogP contribution in [0, 0.1) is 5.41 Å². The van der Waals surface area contributed by atoms with Crippen LogP contribution in [0.4, 0.5) is 0 Å². The zero-order valence-electron chi connectivity index (χ0n) is 7.55. The van der Waals surface area contributed by atoms with Crippen LogP contribution in [0.15, 0.2) is 12.2 Å². The maximum atomic E-state index is 10.9. The molecule has 1 aliphatic carbocycles. The highest BCUT2D eigenvalue weighted by molar-refractivity contribution is 5.76. The molecule has 1 N–H and O–H groups in total. The Morgan fingerprint density at radius 1 is 1.42 bits per heavy atom. The van der Waals surface area contributed by atoms with Crippen LogP contribution < -0.4 is 0 Å². The second-order valence-corrected chi connectivity index (χ2v) is 3.72. The van der Waals surface area contributed by atoms with E-state index in [1.165, 1.54) is 6.42 Å². The Bertz CT molecular complexity index is 196. The van der Waals surface area contributed by atoms with E-state index in [0.29, 0.717) is 0 Å². The maximum absolute atomic E-state index is 10.9. The summed E-state index contributed by atoms with van der Waals surface area (Å²) in [5, 5.41) is 8.96.